The minimum absolute atomic E-state index is 0.404. The largest absolute Gasteiger partial charge is 0.453 e. The fraction of sp³-hybridized carbons (Fsp3) is 0.308. The Morgan fingerprint density at radius 3 is 2.87 bits per heavy atom. The highest BCUT2D eigenvalue weighted by molar-refractivity contribution is 5.87. The van der Waals surface area contributed by atoms with E-state index in [1.54, 1.807) is 0 Å². The molecule has 2 aromatic rings. The van der Waals surface area contributed by atoms with Crippen LogP contribution in [0, 0.1) is 5.92 Å². The van der Waals surface area contributed by atoms with Gasteiger partial charge in [-0.3, -0.25) is 4.79 Å². The Kier molecular flexibility index (Phi) is 2.58. The quantitative estimate of drug-likeness (QED) is 0.713. The minimum Gasteiger partial charge on any atom is -0.453 e. The van der Waals surface area contributed by atoms with E-state index in [9.17, 15) is 4.79 Å². The van der Waals surface area contributed by atoms with Crippen molar-refractivity contribution >= 4 is 17.3 Å². The van der Waals surface area contributed by atoms with Gasteiger partial charge in [0.05, 0.1) is 0 Å². The summed E-state index contributed by atoms with van der Waals surface area (Å²) < 4.78 is 5.37. The highest BCUT2D eigenvalue weighted by atomic mass is 16.3. The van der Waals surface area contributed by atoms with Gasteiger partial charge in [0, 0.05) is 5.39 Å². The maximum Gasteiger partial charge on any atom is 0.185 e. The van der Waals surface area contributed by atoms with Crippen LogP contribution in [-0.4, -0.2) is 6.29 Å². The number of furan rings is 1. The summed E-state index contributed by atoms with van der Waals surface area (Å²) in [6, 6.07) is 7.77. The Labute approximate surface area is 88.9 Å². The average Bonchev–Trinajstić information content (AvgIpc) is 2.61. The van der Waals surface area contributed by atoms with Crippen LogP contribution in [0.1, 0.15) is 30.0 Å². The fourth-order valence-electron chi connectivity index (χ4n) is 1.82. The van der Waals surface area contributed by atoms with Gasteiger partial charge in [-0.1, -0.05) is 26.0 Å². The molecular formula is C13H14O2. The second-order valence-electron chi connectivity index (χ2n) is 4.19. The Balaban J connectivity index is 2.54. The molecule has 0 aliphatic heterocycles. The van der Waals surface area contributed by atoms with Gasteiger partial charge in [0.2, 0.25) is 0 Å². The van der Waals surface area contributed by atoms with Crippen molar-refractivity contribution in [2.75, 3.05) is 0 Å². The van der Waals surface area contributed by atoms with Crippen LogP contribution in [0.25, 0.3) is 11.0 Å². The van der Waals surface area contributed by atoms with E-state index in [4.69, 9.17) is 4.42 Å². The Bertz CT molecular complexity index is 480. The van der Waals surface area contributed by atoms with Crippen molar-refractivity contribution in [3.63, 3.8) is 0 Å². The third-order valence-electron chi connectivity index (χ3n) is 2.42. The molecule has 0 saturated carbocycles. The van der Waals surface area contributed by atoms with Crippen LogP contribution in [0.5, 0.6) is 0 Å². The predicted octanol–water partition coefficient (Wildman–Crippen LogP) is 3.44. The first-order valence-electron chi connectivity index (χ1n) is 5.17. The number of carbonyl (C=O) groups excluding carboxylic acids is 1. The summed E-state index contributed by atoms with van der Waals surface area (Å²) in [6.45, 7) is 4.36. The van der Waals surface area contributed by atoms with Crippen molar-refractivity contribution in [2.45, 2.75) is 20.3 Å². The first-order valence-corrected chi connectivity index (χ1v) is 5.17. The Hall–Kier alpha value is -1.57. The first kappa shape index (κ1) is 9.97. The zero-order valence-corrected chi connectivity index (χ0v) is 8.99. The molecule has 15 heavy (non-hydrogen) atoms. The maximum atomic E-state index is 10.6. The Morgan fingerprint density at radius 2 is 2.20 bits per heavy atom. The molecule has 0 saturated heterocycles. The van der Waals surface area contributed by atoms with Crippen LogP contribution >= 0.6 is 0 Å². The van der Waals surface area contributed by atoms with Crippen LogP contribution in [0.4, 0.5) is 0 Å². The molecule has 0 fully saturated rings. The van der Waals surface area contributed by atoms with E-state index >= 15 is 0 Å². The fourth-order valence-corrected chi connectivity index (χ4v) is 1.82. The van der Waals surface area contributed by atoms with Gasteiger partial charge in [-0.15, -0.1) is 0 Å². The molecular weight excluding hydrogens is 188 g/mol. The number of aldehydes is 1. The second-order valence-corrected chi connectivity index (χ2v) is 4.19. The lowest BCUT2D eigenvalue weighted by atomic mass is 10.00. The van der Waals surface area contributed by atoms with Gasteiger partial charge in [-0.2, -0.15) is 0 Å². The molecule has 0 N–H and O–H groups in total. The lowest BCUT2D eigenvalue weighted by Crippen LogP contribution is -1.93. The summed E-state index contributed by atoms with van der Waals surface area (Å²) in [6.07, 6.45) is 1.76. The van der Waals surface area contributed by atoms with Crippen molar-refractivity contribution in [1.82, 2.24) is 0 Å². The molecule has 2 rings (SSSR count). The van der Waals surface area contributed by atoms with Crippen LogP contribution in [0.2, 0.25) is 0 Å². The summed E-state index contributed by atoms with van der Waals surface area (Å²) in [4.78, 5) is 10.6. The number of hydrogen-bond donors (Lipinski definition) is 0. The summed E-state index contributed by atoms with van der Waals surface area (Å²) in [7, 11) is 0. The van der Waals surface area contributed by atoms with Gasteiger partial charge in [0.15, 0.2) is 12.0 Å². The monoisotopic (exact) mass is 202 g/mol. The SMILES string of the molecule is CC(C)Cc1cccc2oc(C=O)cc12. The van der Waals surface area contributed by atoms with Gasteiger partial charge >= 0.3 is 0 Å². The minimum atomic E-state index is 0.404. The van der Waals surface area contributed by atoms with E-state index < -0.39 is 0 Å². The lowest BCUT2D eigenvalue weighted by Gasteiger charge is -2.05. The molecule has 0 aliphatic rings. The van der Waals surface area contributed by atoms with E-state index in [0.29, 0.717) is 11.7 Å². The zero-order valence-electron chi connectivity index (χ0n) is 8.99. The molecule has 0 unspecified atom stereocenters. The van der Waals surface area contributed by atoms with E-state index in [-0.39, 0.29) is 0 Å². The molecule has 1 aromatic carbocycles. The van der Waals surface area contributed by atoms with Crippen molar-refractivity contribution in [3.8, 4) is 0 Å². The summed E-state index contributed by atoms with van der Waals surface area (Å²) in [5.41, 5.74) is 2.05. The number of benzene rings is 1. The van der Waals surface area contributed by atoms with Crippen LogP contribution in [0.3, 0.4) is 0 Å². The average molecular weight is 202 g/mol. The molecule has 78 valence electrons. The van der Waals surface area contributed by atoms with E-state index in [1.165, 1.54) is 5.56 Å². The van der Waals surface area contributed by atoms with Gasteiger partial charge in [-0.05, 0) is 30.0 Å². The topological polar surface area (TPSA) is 30.2 Å². The smallest absolute Gasteiger partial charge is 0.185 e. The van der Waals surface area contributed by atoms with Crippen LogP contribution in [0.15, 0.2) is 28.7 Å². The lowest BCUT2D eigenvalue weighted by molar-refractivity contribution is 0.110. The van der Waals surface area contributed by atoms with Crippen molar-refractivity contribution < 1.29 is 9.21 Å². The first-order chi connectivity index (χ1) is 7.20. The third kappa shape index (κ3) is 1.94. The normalized spacial score (nSPS) is 11.1. The summed E-state index contributed by atoms with van der Waals surface area (Å²) in [5.74, 6) is 1.01. The van der Waals surface area contributed by atoms with Gasteiger partial charge in [0.1, 0.15) is 5.58 Å². The highest BCUT2D eigenvalue weighted by Gasteiger charge is 2.08. The third-order valence-corrected chi connectivity index (χ3v) is 2.42. The molecule has 1 heterocycles. The molecule has 0 atom stereocenters. The van der Waals surface area contributed by atoms with E-state index in [2.05, 4.69) is 19.9 Å². The second kappa shape index (κ2) is 3.89. The standard InChI is InChI=1S/C13H14O2/c1-9(2)6-10-4-3-5-13-12(10)7-11(8-14)15-13/h3-5,7-9H,6H2,1-2H3. The molecule has 2 nitrogen and oxygen atoms in total. The predicted molar refractivity (Wildman–Crippen MR) is 60.1 cm³/mol. The zero-order chi connectivity index (χ0) is 10.8. The number of fused-ring (bicyclic) bond motifs is 1. The van der Waals surface area contributed by atoms with E-state index in [0.717, 1.165) is 23.7 Å². The van der Waals surface area contributed by atoms with Crippen molar-refractivity contribution in [2.24, 2.45) is 5.92 Å². The number of rotatable bonds is 3. The number of carbonyl (C=O) groups is 1. The Morgan fingerprint density at radius 1 is 1.40 bits per heavy atom. The molecule has 0 aliphatic carbocycles. The molecule has 0 amide bonds. The van der Waals surface area contributed by atoms with Crippen LogP contribution < -0.4 is 0 Å². The van der Waals surface area contributed by atoms with E-state index in [1.807, 2.05) is 18.2 Å². The molecule has 1 aromatic heterocycles. The molecule has 0 spiro atoms. The van der Waals surface area contributed by atoms with Crippen molar-refractivity contribution in [3.05, 3.63) is 35.6 Å². The number of hydrogen-bond acceptors (Lipinski definition) is 2. The molecule has 0 radical (unpaired) electrons. The van der Waals surface area contributed by atoms with Gasteiger partial charge in [0.25, 0.3) is 0 Å². The molecule has 0 bridgehead atoms. The van der Waals surface area contributed by atoms with Gasteiger partial charge < -0.3 is 4.42 Å². The molecule has 2 heteroatoms. The van der Waals surface area contributed by atoms with Gasteiger partial charge in [-0.25, -0.2) is 0 Å². The van der Waals surface area contributed by atoms with Crippen molar-refractivity contribution in [1.29, 1.82) is 0 Å². The summed E-state index contributed by atoms with van der Waals surface area (Å²) >= 11 is 0. The highest BCUT2D eigenvalue weighted by Crippen LogP contribution is 2.24. The van der Waals surface area contributed by atoms with Crippen LogP contribution in [-0.2, 0) is 6.42 Å². The summed E-state index contributed by atoms with van der Waals surface area (Å²) in [5, 5.41) is 1.06. The maximum absolute atomic E-state index is 10.6.